The third-order valence-corrected chi connectivity index (χ3v) is 2.45. The molecular formula is C12H15N3O2. The number of nitrogens with zero attached hydrogens (tertiary/aromatic N) is 2. The summed E-state index contributed by atoms with van der Waals surface area (Å²) in [5.41, 5.74) is 6.19. The van der Waals surface area contributed by atoms with Crippen LogP contribution in [0.1, 0.15) is 23.7 Å². The lowest BCUT2D eigenvalue weighted by Crippen LogP contribution is -2.00. The van der Waals surface area contributed by atoms with Crippen molar-refractivity contribution in [2.24, 2.45) is 5.73 Å². The molecule has 1 aromatic heterocycles. The van der Waals surface area contributed by atoms with Gasteiger partial charge >= 0.3 is 0 Å². The van der Waals surface area contributed by atoms with Gasteiger partial charge in [0.05, 0.1) is 0 Å². The molecule has 0 atom stereocenters. The van der Waals surface area contributed by atoms with E-state index < -0.39 is 0 Å². The van der Waals surface area contributed by atoms with Crippen LogP contribution in [0.25, 0.3) is 0 Å². The molecule has 3 N–H and O–H groups in total. The van der Waals surface area contributed by atoms with Crippen LogP contribution < -0.4 is 5.73 Å². The highest BCUT2D eigenvalue weighted by atomic mass is 16.5. The first-order valence-electron chi connectivity index (χ1n) is 5.58. The van der Waals surface area contributed by atoms with Gasteiger partial charge in [0.15, 0.2) is 5.82 Å². The highest BCUT2D eigenvalue weighted by Gasteiger charge is 2.08. The zero-order chi connectivity index (χ0) is 12.1. The lowest BCUT2D eigenvalue weighted by Gasteiger charge is -1.99. The van der Waals surface area contributed by atoms with Gasteiger partial charge in [0.25, 0.3) is 0 Å². The average Bonchev–Trinajstić information content (AvgIpc) is 2.77. The van der Waals surface area contributed by atoms with Gasteiger partial charge in [-0.05, 0) is 19.0 Å². The molecule has 0 aliphatic carbocycles. The summed E-state index contributed by atoms with van der Waals surface area (Å²) in [4.78, 5) is 4.24. The largest absolute Gasteiger partial charge is 0.508 e. The number of nitrogens with two attached hydrogens (primary N) is 1. The number of para-hydroxylation sites is 1. The first kappa shape index (κ1) is 11.6. The van der Waals surface area contributed by atoms with Gasteiger partial charge in [-0.3, -0.25) is 0 Å². The molecule has 1 aromatic carbocycles. The SMILES string of the molecule is NCCCc1nc(Cc2ccccc2O)no1. The summed E-state index contributed by atoms with van der Waals surface area (Å²) in [6.45, 7) is 0.608. The second-order valence-corrected chi connectivity index (χ2v) is 3.80. The van der Waals surface area contributed by atoms with Gasteiger partial charge < -0.3 is 15.4 Å². The Bertz CT molecular complexity index is 482. The van der Waals surface area contributed by atoms with Crippen LogP contribution in [0.5, 0.6) is 5.75 Å². The molecule has 0 aliphatic heterocycles. The van der Waals surface area contributed by atoms with Gasteiger partial charge in [-0.15, -0.1) is 0 Å². The predicted molar refractivity (Wildman–Crippen MR) is 62.6 cm³/mol. The molecule has 0 radical (unpaired) electrons. The lowest BCUT2D eigenvalue weighted by atomic mass is 10.1. The Morgan fingerprint density at radius 2 is 2.12 bits per heavy atom. The zero-order valence-corrected chi connectivity index (χ0v) is 9.47. The van der Waals surface area contributed by atoms with Gasteiger partial charge in [-0.2, -0.15) is 4.98 Å². The van der Waals surface area contributed by atoms with Crippen molar-refractivity contribution in [1.82, 2.24) is 10.1 Å². The summed E-state index contributed by atoms with van der Waals surface area (Å²) in [5.74, 6) is 1.43. The Morgan fingerprint density at radius 1 is 1.29 bits per heavy atom. The molecule has 0 saturated heterocycles. The Balaban J connectivity index is 2.04. The fraction of sp³-hybridized carbons (Fsp3) is 0.333. The van der Waals surface area contributed by atoms with E-state index in [1.807, 2.05) is 12.1 Å². The van der Waals surface area contributed by atoms with Crippen molar-refractivity contribution in [3.8, 4) is 5.75 Å². The molecule has 0 unspecified atom stereocenters. The normalized spacial score (nSPS) is 10.6. The second kappa shape index (κ2) is 5.45. The van der Waals surface area contributed by atoms with E-state index in [1.165, 1.54) is 0 Å². The minimum atomic E-state index is 0.251. The minimum absolute atomic E-state index is 0.251. The van der Waals surface area contributed by atoms with Crippen molar-refractivity contribution < 1.29 is 9.63 Å². The van der Waals surface area contributed by atoms with Crippen LogP contribution in [-0.2, 0) is 12.8 Å². The van der Waals surface area contributed by atoms with Crippen LogP contribution in [-0.4, -0.2) is 21.8 Å². The fourth-order valence-electron chi connectivity index (χ4n) is 1.55. The predicted octanol–water partition coefficient (Wildman–Crippen LogP) is 1.26. The molecule has 5 heteroatoms. The lowest BCUT2D eigenvalue weighted by molar-refractivity contribution is 0.371. The van der Waals surface area contributed by atoms with Crippen molar-refractivity contribution >= 4 is 0 Å². The first-order valence-corrected chi connectivity index (χ1v) is 5.58. The topological polar surface area (TPSA) is 85.2 Å². The molecular weight excluding hydrogens is 218 g/mol. The summed E-state index contributed by atoms with van der Waals surface area (Å²) < 4.78 is 5.08. The zero-order valence-electron chi connectivity index (χ0n) is 9.47. The molecule has 1 heterocycles. The van der Waals surface area contributed by atoms with Crippen molar-refractivity contribution in [2.45, 2.75) is 19.3 Å². The molecule has 0 saturated carbocycles. The number of aryl methyl sites for hydroxylation is 1. The van der Waals surface area contributed by atoms with Gasteiger partial charge in [0, 0.05) is 18.4 Å². The number of rotatable bonds is 5. The molecule has 2 rings (SSSR count). The number of aromatic nitrogens is 2. The molecule has 5 nitrogen and oxygen atoms in total. The molecule has 90 valence electrons. The molecule has 0 fully saturated rings. The van der Waals surface area contributed by atoms with E-state index in [1.54, 1.807) is 12.1 Å². The number of phenols is 1. The summed E-state index contributed by atoms with van der Waals surface area (Å²) in [5, 5.41) is 13.5. The molecule has 0 bridgehead atoms. The molecule has 17 heavy (non-hydrogen) atoms. The summed E-state index contributed by atoms with van der Waals surface area (Å²) >= 11 is 0. The van der Waals surface area contributed by atoms with Crippen LogP contribution in [0, 0.1) is 0 Å². The van der Waals surface area contributed by atoms with E-state index in [0.29, 0.717) is 31.1 Å². The van der Waals surface area contributed by atoms with Crippen LogP contribution in [0.15, 0.2) is 28.8 Å². The maximum atomic E-state index is 9.62. The monoisotopic (exact) mass is 233 g/mol. The fourth-order valence-corrected chi connectivity index (χ4v) is 1.55. The first-order chi connectivity index (χ1) is 8.29. The number of benzene rings is 1. The second-order valence-electron chi connectivity index (χ2n) is 3.80. The van der Waals surface area contributed by atoms with Crippen molar-refractivity contribution in [3.63, 3.8) is 0 Å². The highest BCUT2D eigenvalue weighted by molar-refractivity contribution is 5.33. The van der Waals surface area contributed by atoms with E-state index in [9.17, 15) is 5.11 Å². The number of phenolic OH excluding ortho intramolecular Hbond substituents is 1. The molecule has 0 amide bonds. The van der Waals surface area contributed by atoms with E-state index in [2.05, 4.69) is 10.1 Å². The summed E-state index contributed by atoms with van der Waals surface area (Å²) in [6.07, 6.45) is 2.00. The summed E-state index contributed by atoms with van der Waals surface area (Å²) in [7, 11) is 0. The number of aromatic hydroxyl groups is 1. The standard InChI is InChI=1S/C12H15N3O2/c13-7-3-6-12-14-11(15-17-12)8-9-4-1-2-5-10(9)16/h1-2,4-5,16H,3,6-8,13H2. The van der Waals surface area contributed by atoms with Crippen LogP contribution >= 0.6 is 0 Å². The number of hydrogen-bond acceptors (Lipinski definition) is 5. The molecule has 0 spiro atoms. The van der Waals surface area contributed by atoms with Crippen LogP contribution in [0.2, 0.25) is 0 Å². The third-order valence-electron chi connectivity index (χ3n) is 2.45. The average molecular weight is 233 g/mol. The van der Waals surface area contributed by atoms with E-state index in [-0.39, 0.29) is 5.75 Å². The van der Waals surface area contributed by atoms with Gasteiger partial charge in [0.2, 0.25) is 5.89 Å². The van der Waals surface area contributed by atoms with E-state index in [0.717, 1.165) is 12.0 Å². The van der Waals surface area contributed by atoms with Crippen LogP contribution in [0.3, 0.4) is 0 Å². The molecule has 2 aromatic rings. The van der Waals surface area contributed by atoms with Gasteiger partial charge in [-0.1, -0.05) is 23.4 Å². The van der Waals surface area contributed by atoms with E-state index in [4.69, 9.17) is 10.3 Å². The minimum Gasteiger partial charge on any atom is -0.508 e. The summed E-state index contributed by atoms with van der Waals surface area (Å²) in [6, 6.07) is 7.13. The maximum absolute atomic E-state index is 9.62. The van der Waals surface area contributed by atoms with E-state index >= 15 is 0 Å². The number of hydrogen-bond donors (Lipinski definition) is 2. The third kappa shape index (κ3) is 3.04. The Hall–Kier alpha value is -1.88. The van der Waals surface area contributed by atoms with Gasteiger partial charge in [0.1, 0.15) is 5.75 Å². The van der Waals surface area contributed by atoms with Crippen molar-refractivity contribution in [1.29, 1.82) is 0 Å². The smallest absolute Gasteiger partial charge is 0.226 e. The Morgan fingerprint density at radius 3 is 2.88 bits per heavy atom. The maximum Gasteiger partial charge on any atom is 0.226 e. The Labute approximate surface area is 99.3 Å². The van der Waals surface area contributed by atoms with Crippen molar-refractivity contribution in [3.05, 3.63) is 41.5 Å². The highest BCUT2D eigenvalue weighted by Crippen LogP contribution is 2.18. The van der Waals surface area contributed by atoms with Crippen LogP contribution in [0.4, 0.5) is 0 Å². The van der Waals surface area contributed by atoms with Gasteiger partial charge in [-0.25, -0.2) is 0 Å². The quantitative estimate of drug-likeness (QED) is 0.812. The Kier molecular flexibility index (Phi) is 3.72. The molecule has 0 aliphatic rings. The van der Waals surface area contributed by atoms with Crippen molar-refractivity contribution in [2.75, 3.05) is 6.54 Å².